The quantitative estimate of drug-likeness (QED) is 0.717. The van der Waals surface area contributed by atoms with Crippen molar-refractivity contribution in [2.75, 3.05) is 5.75 Å². The third-order valence-corrected chi connectivity index (χ3v) is 5.28. The van der Waals surface area contributed by atoms with E-state index >= 15 is 0 Å². The van der Waals surface area contributed by atoms with E-state index in [9.17, 15) is 4.79 Å². The van der Waals surface area contributed by atoms with Gasteiger partial charge < -0.3 is 4.74 Å². The number of aliphatic imine (C=N–C) groups is 1. The molecule has 0 bridgehead atoms. The number of rotatable bonds is 6. The minimum Gasteiger partial charge on any atom is -0.459 e. The minimum absolute atomic E-state index is 0.214. The first kappa shape index (κ1) is 17.7. The van der Waals surface area contributed by atoms with Crippen LogP contribution >= 0.6 is 11.8 Å². The molecule has 4 heteroatoms. The predicted octanol–water partition coefficient (Wildman–Crippen LogP) is 4.51. The highest BCUT2D eigenvalue weighted by Crippen LogP contribution is 2.30. The van der Waals surface area contributed by atoms with Gasteiger partial charge in [-0.25, -0.2) is 4.79 Å². The Labute approximate surface area is 153 Å². The van der Waals surface area contributed by atoms with E-state index < -0.39 is 0 Å². The first-order valence-electron chi connectivity index (χ1n) is 8.71. The van der Waals surface area contributed by atoms with Gasteiger partial charge in [-0.15, -0.1) is 11.8 Å². The summed E-state index contributed by atoms with van der Waals surface area (Å²) in [7, 11) is 0. The molecule has 2 aromatic carbocycles. The largest absolute Gasteiger partial charge is 0.459 e. The standard InChI is InChI=1S/C21H23NO2S/c1-2-25-20-18(13-16-9-5-3-6-10-16)14-19(22-20)21(23)24-15-17-11-7-4-8-12-17/h3-12,18-19H,2,13-15H2,1H3. The van der Waals surface area contributed by atoms with Crippen LogP contribution in [0.5, 0.6) is 0 Å². The number of thioether (sulfide) groups is 1. The van der Waals surface area contributed by atoms with Gasteiger partial charge in [-0.2, -0.15) is 0 Å². The maximum absolute atomic E-state index is 12.4. The molecule has 0 spiro atoms. The zero-order valence-corrected chi connectivity index (χ0v) is 15.2. The third kappa shape index (κ3) is 4.95. The van der Waals surface area contributed by atoms with E-state index in [1.165, 1.54) is 5.56 Å². The molecule has 25 heavy (non-hydrogen) atoms. The molecule has 0 fully saturated rings. The Morgan fingerprint density at radius 2 is 1.72 bits per heavy atom. The van der Waals surface area contributed by atoms with E-state index in [1.54, 1.807) is 11.8 Å². The van der Waals surface area contributed by atoms with Crippen LogP contribution in [-0.4, -0.2) is 22.8 Å². The number of hydrogen-bond donors (Lipinski definition) is 0. The Morgan fingerprint density at radius 1 is 1.08 bits per heavy atom. The summed E-state index contributed by atoms with van der Waals surface area (Å²) in [4.78, 5) is 17.1. The molecule has 0 radical (unpaired) electrons. The second-order valence-electron chi connectivity index (χ2n) is 6.13. The molecule has 2 atom stereocenters. The summed E-state index contributed by atoms with van der Waals surface area (Å²) in [6.07, 6.45) is 1.67. The van der Waals surface area contributed by atoms with Crippen LogP contribution in [0.1, 0.15) is 24.5 Å². The first-order chi connectivity index (χ1) is 12.3. The van der Waals surface area contributed by atoms with E-state index in [-0.39, 0.29) is 12.0 Å². The molecule has 1 heterocycles. The summed E-state index contributed by atoms with van der Waals surface area (Å²) in [6.45, 7) is 2.43. The van der Waals surface area contributed by atoms with Crippen molar-refractivity contribution in [3.8, 4) is 0 Å². The molecule has 1 aliphatic rings. The molecule has 3 nitrogen and oxygen atoms in total. The zero-order chi connectivity index (χ0) is 17.5. The van der Waals surface area contributed by atoms with Crippen molar-refractivity contribution in [3.05, 3.63) is 71.8 Å². The lowest BCUT2D eigenvalue weighted by molar-refractivity contribution is -0.146. The molecular formula is C21H23NO2S. The minimum atomic E-state index is -0.369. The van der Waals surface area contributed by atoms with Gasteiger partial charge in [0.2, 0.25) is 0 Å². The molecule has 2 unspecified atom stereocenters. The lowest BCUT2D eigenvalue weighted by Gasteiger charge is -2.13. The lowest BCUT2D eigenvalue weighted by Crippen LogP contribution is -2.21. The lowest BCUT2D eigenvalue weighted by atomic mass is 9.96. The molecule has 0 saturated heterocycles. The van der Waals surface area contributed by atoms with E-state index in [1.807, 2.05) is 36.4 Å². The van der Waals surface area contributed by atoms with Crippen LogP contribution in [0.3, 0.4) is 0 Å². The number of carbonyl (C=O) groups is 1. The van der Waals surface area contributed by atoms with E-state index in [2.05, 4.69) is 36.2 Å². The molecule has 130 valence electrons. The van der Waals surface area contributed by atoms with Crippen LogP contribution in [0, 0.1) is 5.92 Å². The van der Waals surface area contributed by atoms with Crippen LogP contribution in [0.4, 0.5) is 0 Å². The smallest absolute Gasteiger partial charge is 0.331 e. The summed E-state index contributed by atoms with van der Waals surface area (Å²) in [5.41, 5.74) is 2.29. The molecule has 0 aromatic heterocycles. The Balaban J connectivity index is 1.61. The topological polar surface area (TPSA) is 38.7 Å². The predicted molar refractivity (Wildman–Crippen MR) is 104 cm³/mol. The van der Waals surface area contributed by atoms with E-state index in [0.29, 0.717) is 12.5 Å². The van der Waals surface area contributed by atoms with Gasteiger partial charge in [0, 0.05) is 5.92 Å². The van der Waals surface area contributed by atoms with Crippen molar-refractivity contribution in [2.45, 2.75) is 32.4 Å². The van der Waals surface area contributed by atoms with Gasteiger partial charge >= 0.3 is 5.97 Å². The van der Waals surface area contributed by atoms with Gasteiger partial charge in [0.25, 0.3) is 0 Å². The number of hydrogen-bond acceptors (Lipinski definition) is 4. The van der Waals surface area contributed by atoms with Crippen LogP contribution in [0.2, 0.25) is 0 Å². The van der Waals surface area contributed by atoms with Gasteiger partial charge in [-0.05, 0) is 29.7 Å². The fourth-order valence-corrected chi connectivity index (χ4v) is 3.94. The highest BCUT2D eigenvalue weighted by molar-refractivity contribution is 8.13. The van der Waals surface area contributed by atoms with Crippen LogP contribution in [0.15, 0.2) is 65.7 Å². The van der Waals surface area contributed by atoms with Crippen molar-refractivity contribution in [1.82, 2.24) is 0 Å². The van der Waals surface area contributed by atoms with Gasteiger partial charge in [0.1, 0.15) is 12.6 Å². The third-order valence-electron chi connectivity index (χ3n) is 4.25. The first-order valence-corrected chi connectivity index (χ1v) is 9.69. The summed E-state index contributed by atoms with van der Waals surface area (Å²) >= 11 is 1.74. The van der Waals surface area contributed by atoms with Gasteiger partial charge in [-0.1, -0.05) is 67.6 Å². The second-order valence-corrected chi connectivity index (χ2v) is 7.42. The molecule has 3 rings (SSSR count). The van der Waals surface area contributed by atoms with Crippen molar-refractivity contribution in [1.29, 1.82) is 0 Å². The SMILES string of the molecule is CCSC1=NC(C(=O)OCc2ccccc2)CC1Cc1ccccc1. The molecular weight excluding hydrogens is 330 g/mol. The van der Waals surface area contributed by atoms with Crippen LogP contribution in [-0.2, 0) is 22.6 Å². The average molecular weight is 353 g/mol. The molecule has 0 amide bonds. The van der Waals surface area contributed by atoms with E-state index in [4.69, 9.17) is 4.74 Å². The number of esters is 1. The summed E-state index contributed by atoms with van der Waals surface area (Å²) < 4.78 is 5.48. The number of ether oxygens (including phenoxy) is 1. The fraction of sp³-hybridized carbons (Fsp3) is 0.333. The van der Waals surface area contributed by atoms with Gasteiger partial charge in [0.15, 0.2) is 0 Å². The molecule has 0 aliphatic carbocycles. The highest BCUT2D eigenvalue weighted by atomic mass is 32.2. The Morgan fingerprint density at radius 3 is 2.36 bits per heavy atom. The molecule has 2 aromatic rings. The van der Waals surface area contributed by atoms with E-state index in [0.717, 1.165) is 29.2 Å². The number of benzene rings is 2. The van der Waals surface area contributed by atoms with Crippen LogP contribution in [0.25, 0.3) is 0 Å². The van der Waals surface area contributed by atoms with Gasteiger partial charge in [0.05, 0.1) is 5.04 Å². The van der Waals surface area contributed by atoms with Gasteiger partial charge in [-0.3, -0.25) is 4.99 Å². The molecule has 0 N–H and O–H groups in total. The van der Waals surface area contributed by atoms with Crippen molar-refractivity contribution < 1.29 is 9.53 Å². The highest BCUT2D eigenvalue weighted by Gasteiger charge is 2.33. The Bertz CT molecular complexity index is 715. The Hall–Kier alpha value is -2.07. The maximum atomic E-state index is 12.4. The molecule has 0 saturated carbocycles. The number of nitrogens with zero attached hydrogens (tertiary/aromatic N) is 1. The van der Waals surface area contributed by atoms with Crippen LogP contribution < -0.4 is 0 Å². The summed E-state index contributed by atoms with van der Waals surface area (Å²) in [6, 6.07) is 19.8. The van der Waals surface area contributed by atoms with Crippen molar-refractivity contribution >= 4 is 22.8 Å². The van der Waals surface area contributed by atoms with Crippen molar-refractivity contribution in [3.63, 3.8) is 0 Å². The number of carbonyl (C=O) groups excluding carboxylic acids is 1. The van der Waals surface area contributed by atoms with Crippen molar-refractivity contribution in [2.24, 2.45) is 10.9 Å². The maximum Gasteiger partial charge on any atom is 0.331 e. The fourth-order valence-electron chi connectivity index (χ4n) is 3.03. The zero-order valence-electron chi connectivity index (χ0n) is 14.4. The monoisotopic (exact) mass is 353 g/mol. The second kappa shape index (κ2) is 8.86. The average Bonchev–Trinajstić information content (AvgIpc) is 3.04. The Kier molecular flexibility index (Phi) is 6.29. The molecule has 1 aliphatic heterocycles. The summed E-state index contributed by atoms with van der Waals surface area (Å²) in [5, 5.41) is 1.09. The summed E-state index contributed by atoms with van der Waals surface area (Å²) in [5.74, 6) is 1.06. The normalized spacial score (nSPS) is 19.5.